The highest BCUT2D eigenvalue weighted by molar-refractivity contribution is 5.85. The highest BCUT2D eigenvalue weighted by Crippen LogP contribution is 2.47. The number of carbonyl (C=O) groups is 2. The van der Waals surface area contributed by atoms with Crippen LogP contribution < -0.4 is 10.6 Å². The third-order valence-corrected chi connectivity index (χ3v) is 7.68. The molecule has 1 spiro atoms. The first-order valence-electron chi connectivity index (χ1n) is 11.0. The summed E-state index contributed by atoms with van der Waals surface area (Å²) in [6.07, 6.45) is 7.64. The van der Waals surface area contributed by atoms with Crippen molar-refractivity contribution in [3.05, 3.63) is 35.9 Å². The summed E-state index contributed by atoms with van der Waals surface area (Å²) in [7, 11) is 3.68. The highest BCUT2D eigenvalue weighted by atomic mass is 16.2. The molecule has 3 aliphatic rings. The SMILES string of the molecule is CNC(=O)CN1C[C@]2(CC[C@](NC)(c3ccccc3)CC2)N(CC2CCC2)C1=O. The lowest BCUT2D eigenvalue weighted by molar-refractivity contribution is -0.121. The highest BCUT2D eigenvalue weighted by Gasteiger charge is 2.54. The number of nitrogens with one attached hydrogen (secondary N) is 2. The Kier molecular flexibility index (Phi) is 5.56. The number of nitrogens with zero attached hydrogens (tertiary/aromatic N) is 2. The first kappa shape index (κ1) is 20.2. The minimum Gasteiger partial charge on any atom is -0.358 e. The maximum absolute atomic E-state index is 13.3. The van der Waals surface area contributed by atoms with Gasteiger partial charge in [0.15, 0.2) is 0 Å². The molecule has 0 atom stereocenters. The molecule has 2 N–H and O–H groups in total. The Morgan fingerprint density at radius 2 is 1.79 bits per heavy atom. The lowest BCUT2D eigenvalue weighted by Crippen LogP contribution is -2.56. The zero-order valence-electron chi connectivity index (χ0n) is 17.7. The van der Waals surface area contributed by atoms with Crippen LogP contribution >= 0.6 is 0 Å². The summed E-state index contributed by atoms with van der Waals surface area (Å²) in [6.45, 7) is 1.68. The van der Waals surface area contributed by atoms with Crippen molar-refractivity contribution in [3.8, 4) is 0 Å². The first-order valence-corrected chi connectivity index (χ1v) is 11.0. The van der Waals surface area contributed by atoms with E-state index in [1.54, 1.807) is 11.9 Å². The first-order chi connectivity index (χ1) is 14.0. The van der Waals surface area contributed by atoms with Crippen LogP contribution in [0, 0.1) is 5.92 Å². The van der Waals surface area contributed by atoms with E-state index < -0.39 is 0 Å². The van der Waals surface area contributed by atoms with Crippen molar-refractivity contribution in [3.63, 3.8) is 0 Å². The van der Waals surface area contributed by atoms with Gasteiger partial charge in [-0.3, -0.25) is 4.79 Å². The molecule has 2 saturated carbocycles. The van der Waals surface area contributed by atoms with Gasteiger partial charge in [0, 0.05) is 25.7 Å². The van der Waals surface area contributed by atoms with E-state index >= 15 is 0 Å². The summed E-state index contributed by atoms with van der Waals surface area (Å²) in [5.74, 6) is 0.532. The predicted octanol–water partition coefficient (Wildman–Crippen LogP) is 2.70. The monoisotopic (exact) mass is 398 g/mol. The summed E-state index contributed by atoms with van der Waals surface area (Å²) in [6, 6.07) is 10.7. The summed E-state index contributed by atoms with van der Waals surface area (Å²) in [4.78, 5) is 29.2. The van der Waals surface area contributed by atoms with E-state index in [2.05, 4.69) is 52.9 Å². The standard InChI is InChI=1S/C23H34N4O2/c1-24-20(28)16-26-17-22(27(21(26)29)15-18-7-6-8-18)11-13-23(25-2,14-12-22)19-9-4-3-5-10-19/h3-5,9-10,18,25H,6-8,11-17H2,1-2H3,(H,24,28)/t22-,23-. The zero-order chi connectivity index (χ0) is 20.5. The molecule has 4 rings (SSSR count). The van der Waals surface area contributed by atoms with E-state index in [1.165, 1.54) is 24.8 Å². The van der Waals surface area contributed by atoms with E-state index in [0.29, 0.717) is 12.5 Å². The molecule has 29 heavy (non-hydrogen) atoms. The molecule has 1 aromatic carbocycles. The average Bonchev–Trinajstić information content (AvgIpc) is 2.97. The maximum Gasteiger partial charge on any atom is 0.321 e. The molecule has 1 aliphatic heterocycles. The minimum absolute atomic E-state index is 0.0358. The normalized spacial score (nSPS) is 29.9. The van der Waals surface area contributed by atoms with Crippen LogP contribution in [0.2, 0.25) is 0 Å². The Bertz CT molecular complexity index is 739. The van der Waals surface area contributed by atoms with Crippen molar-refractivity contribution < 1.29 is 9.59 Å². The van der Waals surface area contributed by atoms with Crippen LogP contribution in [-0.4, -0.2) is 61.0 Å². The van der Waals surface area contributed by atoms with Crippen molar-refractivity contribution >= 4 is 11.9 Å². The summed E-state index contributed by atoms with van der Waals surface area (Å²) < 4.78 is 0. The fourth-order valence-electron chi connectivity index (χ4n) is 5.47. The van der Waals surface area contributed by atoms with E-state index in [0.717, 1.165) is 32.2 Å². The van der Waals surface area contributed by atoms with E-state index in [-0.39, 0.29) is 29.6 Å². The number of likely N-dealkylation sites (N-methyl/N-ethyl adjacent to an activating group) is 1. The van der Waals surface area contributed by atoms with Gasteiger partial charge in [0.05, 0.1) is 5.54 Å². The lowest BCUT2D eigenvalue weighted by atomic mass is 9.68. The second-order valence-electron chi connectivity index (χ2n) is 9.14. The third kappa shape index (κ3) is 3.63. The van der Waals surface area contributed by atoms with Crippen molar-refractivity contribution in [1.29, 1.82) is 0 Å². The van der Waals surface area contributed by atoms with E-state index in [4.69, 9.17) is 0 Å². The van der Waals surface area contributed by atoms with Gasteiger partial charge >= 0.3 is 6.03 Å². The van der Waals surface area contributed by atoms with Crippen molar-refractivity contribution in [2.24, 2.45) is 5.92 Å². The fraction of sp³-hybridized carbons (Fsp3) is 0.652. The molecule has 158 valence electrons. The number of amides is 3. The number of urea groups is 1. The quantitative estimate of drug-likeness (QED) is 0.774. The number of hydrogen-bond donors (Lipinski definition) is 2. The summed E-state index contributed by atoms with van der Waals surface area (Å²) >= 11 is 0. The summed E-state index contributed by atoms with van der Waals surface area (Å²) in [5, 5.41) is 6.26. The largest absolute Gasteiger partial charge is 0.358 e. The van der Waals surface area contributed by atoms with Crippen molar-refractivity contribution in [2.75, 3.05) is 33.7 Å². The van der Waals surface area contributed by atoms with Crippen molar-refractivity contribution in [2.45, 2.75) is 56.0 Å². The fourth-order valence-corrected chi connectivity index (χ4v) is 5.47. The van der Waals surface area contributed by atoms with E-state index in [9.17, 15) is 9.59 Å². The van der Waals surface area contributed by atoms with Crippen LogP contribution in [0.3, 0.4) is 0 Å². The van der Waals surface area contributed by atoms with Gasteiger partial charge in [-0.1, -0.05) is 36.8 Å². The second-order valence-corrected chi connectivity index (χ2v) is 9.14. The molecule has 0 radical (unpaired) electrons. The molecule has 3 fully saturated rings. The smallest absolute Gasteiger partial charge is 0.321 e. The average molecular weight is 399 g/mol. The molecule has 1 heterocycles. The van der Waals surface area contributed by atoms with Gasteiger partial charge in [0.25, 0.3) is 0 Å². The number of carbonyl (C=O) groups excluding carboxylic acids is 2. The Labute approximate surface area is 174 Å². The Balaban J connectivity index is 1.55. The topological polar surface area (TPSA) is 64.7 Å². The molecule has 0 unspecified atom stereocenters. The molecule has 1 saturated heterocycles. The molecule has 6 heteroatoms. The maximum atomic E-state index is 13.3. The Morgan fingerprint density at radius 1 is 1.10 bits per heavy atom. The number of benzene rings is 1. The van der Waals surface area contributed by atoms with Gasteiger partial charge in [0.1, 0.15) is 6.54 Å². The van der Waals surface area contributed by atoms with E-state index in [1.807, 2.05) is 0 Å². The van der Waals surface area contributed by atoms with Crippen LogP contribution in [0.5, 0.6) is 0 Å². The van der Waals surface area contributed by atoms with Crippen LogP contribution in [0.1, 0.15) is 50.5 Å². The molecule has 3 amide bonds. The third-order valence-electron chi connectivity index (χ3n) is 7.68. The van der Waals surface area contributed by atoms with Gasteiger partial charge in [-0.2, -0.15) is 0 Å². The second kappa shape index (κ2) is 7.98. The van der Waals surface area contributed by atoms with Gasteiger partial charge in [-0.05, 0) is 57.1 Å². The van der Waals surface area contributed by atoms with Crippen LogP contribution in [0.4, 0.5) is 4.79 Å². The molecule has 1 aromatic rings. The zero-order valence-corrected chi connectivity index (χ0v) is 17.7. The van der Waals surface area contributed by atoms with Crippen LogP contribution in [0.15, 0.2) is 30.3 Å². The molecule has 2 aliphatic carbocycles. The molecule has 0 aromatic heterocycles. The molecule has 0 bridgehead atoms. The van der Waals surface area contributed by atoms with Gasteiger partial charge in [-0.15, -0.1) is 0 Å². The Hall–Kier alpha value is -2.08. The van der Waals surface area contributed by atoms with Crippen molar-refractivity contribution in [1.82, 2.24) is 20.4 Å². The lowest BCUT2D eigenvalue weighted by Gasteiger charge is -2.49. The minimum atomic E-state index is -0.143. The Morgan fingerprint density at radius 3 is 2.34 bits per heavy atom. The summed E-state index contributed by atoms with van der Waals surface area (Å²) in [5.41, 5.74) is 1.15. The van der Waals surface area contributed by atoms with Gasteiger partial charge < -0.3 is 20.4 Å². The molecule has 6 nitrogen and oxygen atoms in total. The molecular weight excluding hydrogens is 364 g/mol. The number of hydrogen-bond acceptors (Lipinski definition) is 3. The number of rotatable bonds is 6. The van der Waals surface area contributed by atoms with Crippen LogP contribution in [-0.2, 0) is 10.3 Å². The molecular formula is C23H34N4O2. The van der Waals surface area contributed by atoms with Gasteiger partial charge in [-0.25, -0.2) is 4.79 Å². The van der Waals surface area contributed by atoms with Crippen LogP contribution in [0.25, 0.3) is 0 Å². The van der Waals surface area contributed by atoms with Gasteiger partial charge in [0.2, 0.25) is 5.91 Å². The predicted molar refractivity (Wildman–Crippen MR) is 113 cm³/mol.